The molecule has 1 atom stereocenters. The molecule has 3 N–H and O–H groups in total. The lowest BCUT2D eigenvalue weighted by molar-refractivity contribution is -0.137. The number of alkyl halides is 3. The SMILES string of the molecule is CC(C)(C)NC(=O)N[C@@H](c1cccc(C(F)(F)F)c1)c1ncn[nH]1. The number of benzene rings is 1. The summed E-state index contributed by atoms with van der Waals surface area (Å²) >= 11 is 0. The number of halogens is 3. The number of H-pyrrole nitrogens is 1. The van der Waals surface area contributed by atoms with Gasteiger partial charge < -0.3 is 10.6 Å². The minimum atomic E-state index is -4.48. The summed E-state index contributed by atoms with van der Waals surface area (Å²) in [6.45, 7) is 5.38. The van der Waals surface area contributed by atoms with Gasteiger partial charge in [0, 0.05) is 5.54 Å². The van der Waals surface area contributed by atoms with Crippen LogP contribution in [0.2, 0.25) is 0 Å². The van der Waals surface area contributed by atoms with Crippen molar-refractivity contribution in [2.24, 2.45) is 0 Å². The molecule has 2 rings (SSSR count). The van der Waals surface area contributed by atoms with Crippen molar-refractivity contribution in [3.8, 4) is 0 Å². The fraction of sp³-hybridized carbons (Fsp3) is 0.400. The van der Waals surface area contributed by atoms with Crippen LogP contribution in [-0.2, 0) is 6.18 Å². The Hall–Kier alpha value is -2.58. The zero-order chi connectivity index (χ0) is 18.0. The van der Waals surface area contributed by atoms with Crippen LogP contribution in [0.3, 0.4) is 0 Å². The van der Waals surface area contributed by atoms with E-state index in [9.17, 15) is 18.0 Å². The Kier molecular flexibility index (Phi) is 4.81. The molecular formula is C15H18F3N5O. The maximum atomic E-state index is 12.9. The second kappa shape index (κ2) is 6.50. The Morgan fingerprint density at radius 3 is 2.50 bits per heavy atom. The van der Waals surface area contributed by atoms with Crippen molar-refractivity contribution in [2.75, 3.05) is 0 Å². The van der Waals surface area contributed by atoms with Crippen LogP contribution in [0.15, 0.2) is 30.6 Å². The molecule has 24 heavy (non-hydrogen) atoms. The summed E-state index contributed by atoms with van der Waals surface area (Å²) in [7, 11) is 0. The lowest BCUT2D eigenvalue weighted by Gasteiger charge is -2.24. The van der Waals surface area contributed by atoms with Crippen LogP contribution in [0.25, 0.3) is 0 Å². The van der Waals surface area contributed by atoms with E-state index < -0.39 is 29.4 Å². The molecule has 130 valence electrons. The lowest BCUT2D eigenvalue weighted by atomic mass is 10.0. The first-order valence-corrected chi connectivity index (χ1v) is 7.17. The van der Waals surface area contributed by atoms with Crippen molar-refractivity contribution in [1.82, 2.24) is 25.8 Å². The number of amides is 2. The van der Waals surface area contributed by atoms with Gasteiger partial charge in [-0.25, -0.2) is 9.78 Å². The molecule has 0 aliphatic carbocycles. The van der Waals surface area contributed by atoms with E-state index >= 15 is 0 Å². The smallest absolute Gasteiger partial charge is 0.334 e. The molecule has 0 fully saturated rings. The van der Waals surface area contributed by atoms with E-state index in [-0.39, 0.29) is 11.4 Å². The Labute approximate surface area is 136 Å². The number of nitrogens with one attached hydrogen (secondary N) is 3. The van der Waals surface area contributed by atoms with Gasteiger partial charge in [0.15, 0.2) is 5.82 Å². The number of rotatable bonds is 3. The molecule has 0 saturated heterocycles. The average molecular weight is 341 g/mol. The van der Waals surface area contributed by atoms with E-state index in [0.29, 0.717) is 0 Å². The van der Waals surface area contributed by atoms with E-state index in [2.05, 4.69) is 25.8 Å². The molecule has 0 saturated carbocycles. The van der Waals surface area contributed by atoms with Crippen LogP contribution < -0.4 is 10.6 Å². The maximum absolute atomic E-state index is 12.9. The highest BCUT2D eigenvalue weighted by molar-refractivity contribution is 5.75. The van der Waals surface area contributed by atoms with Crippen LogP contribution >= 0.6 is 0 Å². The van der Waals surface area contributed by atoms with Crippen LogP contribution in [0.1, 0.15) is 43.8 Å². The number of aromatic nitrogens is 3. The molecule has 1 aromatic heterocycles. The Bertz CT molecular complexity index is 692. The van der Waals surface area contributed by atoms with Crippen molar-refractivity contribution in [3.63, 3.8) is 0 Å². The van der Waals surface area contributed by atoms with Crippen molar-refractivity contribution >= 4 is 6.03 Å². The quantitative estimate of drug-likeness (QED) is 0.802. The minimum Gasteiger partial charge on any atom is -0.334 e. The van der Waals surface area contributed by atoms with Gasteiger partial charge in [0.1, 0.15) is 12.4 Å². The highest BCUT2D eigenvalue weighted by Crippen LogP contribution is 2.31. The van der Waals surface area contributed by atoms with E-state index in [1.807, 2.05) is 0 Å². The van der Waals surface area contributed by atoms with Crippen LogP contribution in [0, 0.1) is 0 Å². The Morgan fingerprint density at radius 2 is 1.96 bits per heavy atom. The van der Waals surface area contributed by atoms with Gasteiger partial charge >= 0.3 is 12.2 Å². The number of hydrogen-bond acceptors (Lipinski definition) is 3. The first-order chi connectivity index (χ1) is 11.1. The molecule has 6 nitrogen and oxygen atoms in total. The highest BCUT2D eigenvalue weighted by Gasteiger charge is 2.32. The maximum Gasteiger partial charge on any atom is 0.416 e. The number of aromatic amines is 1. The molecule has 0 radical (unpaired) electrons. The van der Waals surface area contributed by atoms with Crippen molar-refractivity contribution in [3.05, 3.63) is 47.5 Å². The van der Waals surface area contributed by atoms with Crippen molar-refractivity contribution in [2.45, 2.75) is 38.5 Å². The fourth-order valence-corrected chi connectivity index (χ4v) is 2.07. The van der Waals surface area contributed by atoms with Gasteiger partial charge in [-0.2, -0.15) is 18.3 Å². The average Bonchev–Trinajstić information content (AvgIpc) is 2.96. The summed E-state index contributed by atoms with van der Waals surface area (Å²) in [5.74, 6) is 0.235. The summed E-state index contributed by atoms with van der Waals surface area (Å²) < 4.78 is 38.8. The van der Waals surface area contributed by atoms with Gasteiger partial charge in [-0.05, 0) is 38.5 Å². The van der Waals surface area contributed by atoms with Crippen LogP contribution in [0.4, 0.5) is 18.0 Å². The molecule has 0 spiro atoms. The summed E-state index contributed by atoms with van der Waals surface area (Å²) in [6.07, 6.45) is -3.26. The van der Waals surface area contributed by atoms with Crippen LogP contribution in [-0.4, -0.2) is 26.8 Å². The van der Waals surface area contributed by atoms with E-state index in [0.717, 1.165) is 12.1 Å². The minimum absolute atomic E-state index is 0.235. The van der Waals surface area contributed by atoms with Crippen molar-refractivity contribution in [1.29, 1.82) is 0 Å². The molecule has 1 heterocycles. The molecule has 2 amide bonds. The van der Waals surface area contributed by atoms with Crippen LogP contribution in [0.5, 0.6) is 0 Å². The molecule has 0 bridgehead atoms. The van der Waals surface area contributed by atoms with Gasteiger partial charge in [-0.1, -0.05) is 12.1 Å². The zero-order valence-electron chi connectivity index (χ0n) is 13.4. The summed E-state index contributed by atoms with van der Waals surface area (Å²) in [5.41, 5.74) is -1.06. The molecule has 0 aliphatic rings. The molecule has 0 unspecified atom stereocenters. The second-order valence-electron chi connectivity index (χ2n) is 6.28. The topological polar surface area (TPSA) is 82.7 Å². The molecule has 2 aromatic rings. The monoisotopic (exact) mass is 341 g/mol. The summed E-state index contributed by atoms with van der Waals surface area (Å²) in [4.78, 5) is 16.1. The standard InChI is InChI=1S/C15H18F3N5O/c1-14(2,3)22-13(24)21-11(12-19-8-20-23-12)9-5-4-6-10(7-9)15(16,17)18/h4-8,11H,1-3H3,(H,19,20,23)(H2,21,22,24)/t11-/m0/s1. The van der Waals surface area contributed by atoms with E-state index in [1.165, 1.54) is 18.5 Å². The summed E-state index contributed by atoms with van der Waals surface area (Å²) in [6, 6.07) is 3.30. The van der Waals surface area contributed by atoms with Gasteiger partial charge in [0.05, 0.1) is 5.56 Å². The summed E-state index contributed by atoms with van der Waals surface area (Å²) in [5, 5.41) is 11.6. The first kappa shape index (κ1) is 17.8. The number of carbonyl (C=O) groups excluding carboxylic acids is 1. The molecule has 9 heteroatoms. The fourth-order valence-electron chi connectivity index (χ4n) is 2.07. The third-order valence-electron chi connectivity index (χ3n) is 3.02. The zero-order valence-corrected chi connectivity index (χ0v) is 13.4. The highest BCUT2D eigenvalue weighted by atomic mass is 19.4. The number of urea groups is 1. The third kappa shape index (κ3) is 4.71. The van der Waals surface area contributed by atoms with E-state index in [1.54, 1.807) is 20.8 Å². The van der Waals surface area contributed by atoms with Gasteiger partial charge in [-0.15, -0.1) is 0 Å². The third-order valence-corrected chi connectivity index (χ3v) is 3.02. The predicted octanol–water partition coefficient (Wildman–Crippen LogP) is 3.01. The molecular weight excluding hydrogens is 323 g/mol. The molecule has 1 aromatic carbocycles. The lowest BCUT2D eigenvalue weighted by Crippen LogP contribution is -2.47. The largest absolute Gasteiger partial charge is 0.416 e. The Morgan fingerprint density at radius 1 is 1.25 bits per heavy atom. The van der Waals surface area contributed by atoms with Gasteiger partial charge in [-0.3, -0.25) is 5.10 Å². The second-order valence-corrected chi connectivity index (χ2v) is 6.28. The Balaban J connectivity index is 2.33. The first-order valence-electron chi connectivity index (χ1n) is 7.17. The van der Waals surface area contributed by atoms with Crippen molar-refractivity contribution < 1.29 is 18.0 Å². The number of nitrogens with zero attached hydrogens (tertiary/aromatic N) is 2. The predicted molar refractivity (Wildman–Crippen MR) is 81.1 cm³/mol. The number of carbonyl (C=O) groups is 1. The number of hydrogen-bond donors (Lipinski definition) is 3. The van der Waals surface area contributed by atoms with E-state index in [4.69, 9.17) is 0 Å². The molecule has 0 aliphatic heterocycles. The van der Waals surface area contributed by atoms with Gasteiger partial charge in [0.25, 0.3) is 0 Å². The normalized spacial score (nSPS) is 13.4. The van der Waals surface area contributed by atoms with Gasteiger partial charge in [0.2, 0.25) is 0 Å².